The van der Waals surface area contributed by atoms with Crippen LogP contribution in [0.15, 0.2) is 0 Å². The monoisotopic (exact) mass is 147 g/mol. The van der Waals surface area contributed by atoms with Crippen molar-refractivity contribution in [2.24, 2.45) is 0 Å². The van der Waals surface area contributed by atoms with E-state index in [1.165, 1.54) is 0 Å². The maximum absolute atomic E-state index is 10.4. The molecule has 0 radical (unpaired) electrons. The molecule has 10 heavy (non-hydrogen) atoms. The summed E-state index contributed by atoms with van der Waals surface area (Å²) in [6.45, 7) is 2.06. The SMILES string of the molecule is CCCCOC(=O)NCO. The first-order valence-corrected chi connectivity index (χ1v) is 3.32. The molecule has 0 aromatic heterocycles. The van der Waals surface area contributed by atoms with Crippen LogP contribution in [0.3, 0.4) is 0 Å². The van der Waals surface area contributed by atoms with Crippen LogP contribution in [0, 0.1) is 0 Å². The van der Waals surface area contributed by atoms with Crippen molar-refractivity contribution in [2.75, 3.05) is 13.3 Å². The second kappa shape index (κ2) is 6.35. The molecule has 4 heteroatoms. The van der Waals surface area contributed by atoms with Crippen molar-refractivity contribution in [3.8, 4) is 0 Å². The van der Waals surface area contributed by atoms with Gasteiger partial charge in [0, 0.05) is 0 Å². The molecule has 0 saturated carbocycles. The third kappa shape index (κ3) is 5.37. The molecule has 0 unspecified atom stereocenters. The molecule has 0 atom stereocenters. The number of aliphatic hydroxyl groups is 1. The molecule has 0 aromatic rings. The van der Waals surface area contributed by atoms with Crippen LogP contribution in [0.25, 0.3) is 0 Å². The van der Waals surface area contributed by atoms with E-state index in [9.17, 15) is 4.79 Å². The molecular formula is C6H13NO3. The third-order valence-electron chi connectivity index (χ3n) is 0.954. The van der Waals surface area contributed by atoms with E-state index in [1.54, 1.807) is 0 Å². The summed E-state index contributed by atoms with van der Waals surface area (Å²) in [6, 6.07) is 0. The van der Waals surface area contributed by atoms with E-state index < -0.39 is 6.09 Å². The van der Waals surface area contributed by atoms with Crippen molar-refractivity contribution in [3.63, 3.8) is 0 Å². The predicted octanol–water partition coefficient (Wildman–Crippen LogP) is 0.462. The van der Waals surface area contributed by atoms with Gasteiger partial charge in [-0.25, -0.2) is 4.79 Å². The highest BCUT2D eigenvalue weighted by Crippen LogP contribution is 1.87. The van der Waals surface area contributed by atoms with E-state index in [-0.39, 0.29) is 6.73 Å². The van der Waals surface area contributed by atoms with Crippen LogP contribution in [0.4, 0.5) is 4.79 Å². The Hall–Kier alpha value is -0.770. The van der Waals surface area contributed by atoms with Crippen LogP contribution >= 0.6 is 0 Å². The first-order valence-electron chi connectivity index (χ1n) is 3.32. The van der Waals surface area contributed by atoms with Gasteiger partial charge in [-0.1, -0.05) is 13.3 Å². The molecule has 1 amide bonds. The smallest absolute Gasteiger partial charge is 0.408 e. The van der Waals surface area contributed by atoms with E-state index in [0.717, 1.165) is 12.8 Å². The van der Waals surface area contributed by atoms with Gasteiger partial charge < -0.3 is 9.84 Å². The molecule has 0 saturated heterocycles. The fourth-order valence-electron chi connectivity index (χ4n) is 0.425. The van der Waals surface area contributed by atoms with Gasteiger partial charge in [-0.2, -0.15) is 0 Å². The van der Waals surface area contributed by atoms with Gasteiger partial charge in [0.2, 0.25) is 0 Å². The third-order valence-corrected chi connectivity index (χ3v) is 0.954. The van der Waals surface area contributed by atoms with Crippen molar-refractivity contribution in [1.29, 1.82) is 0 Å². The summed E-state index contributed by atoms with van der Waals surface area (Å²) < 4.78 is 4.61. The number of aliphatic hydroxyl groups excluding tert-OH is 1. The Bertz CT molecular complexity index is 95.0. The van der Waals surface area contributed by atoms with Crippen LogP contribution in [-0.4, -0.2) is 24.5 Å². The minimum atomic E-state index is -0.559. The fourth-order valence-corrected chi connectivity index (χ4v) is 0.425. The van der Waals surface area contributed by atoms with Crippen molar-refractivity contribution in [2.45, 2.75) is 19.8 Å². The number of hydrogen-bond donors (Lipinski definition) is 2. The summed E-state index contributed by atoms with van der Waals surface area (Å²) in [4.78, 5) is 10.4. The average Bonchev–Trinajstić information content (AvgIpc) is 1.89. The number of hydrogen-bond acceptors (Lipinski definition) is 3. The molecule has 0 fully saturated rings. The van der Waals surface area contributed by atoms with E-state index in [0.29, 0.717) is 6.61 Å². The summed E-state index contributed by atoms with van der Waals surface area (Å²) in [7, 11) is 0. The number of carbonyl (C=O) groups is 1. The lowest BCUT2D eigenvalue weighted by molar-refractivity contribution is 0.132. The Kier molecular flexibility index (Phi) is 5.86. The number of unbranched alkanes of at least 4 members (excludes halogenated alkanes) is 1. The highest BCUT2D eigenvalue weighted by molar-refractivity contribution is 5.66. The second-order valence-electron chi connectivity index (χ2n) is 1.82. The zero-order valence-corrected chi connectivity index (χ0v) is 6.09. The normalized spacial score (nSPS) is 9.00. The van der Waals surface area contributed by atoms with Gasteiger partial charge in [0.15, 0.2) is 0 Å². The maximum atomic E-state index is 10.4. The van der Waals surface area contributed by atoms with E-state index >= 15 is 0 Å². The minimum absolute atomic E-state index is 0.370. The zero-order valence-electron chi connectivity index (χ0n) is 6.09. The molecule has 0 aliphatic carbocycles. The fraction of sp³-hybridized carbons (Fsp3) is 0.833. The number of rotatable bonds is 4. The van der Waals surface area contributed by atoms with Crippen molar-refractivity contribution < 1.29 is 14.6 Å². The van der Waals surface area contributed by atoms with Crippen LogP contribution in [0.2, 0.25) is 0 Å². The first kappa shape index (κ1) is 9.23. The number of ether oxygens (including phenoxy) is 1. The Morgan fingerprint density at radius 2 is 2.40 bits per heavy atom. The highest BCUT2D eigenvalue weighted by Gasteiger charge is 1.96. The largest absolute Gasteiger partial charge is 0.450 e. The van der Waals surface area contributed by atoms with Gasteiger partial charge in [-0.05, 0) is 6.42 Å². The number of nitrogens with one attached hydrogen (secondary N) is 1. The molecule has 60 valence electrons. The van der Waals surface area contributed by atoms with Crippen LogP contribution in [0.5, 0.6) is 0 Å². The lowest BCUT2D eigenvalue weighted by Crippen LogP contribution is -2.25. The Labute approximate surface area is 60.2 Å². The minimum Gasteiger partial charge on any atom is -0.450 e. The topological polar surface area (TPSA) is 58.6 Å². The Morgan fingerprint density at radius 1 is 1.70 bits per heavy atom. The quantitative estimate of drug-likeness (QED) is 0.448. The van der Waals surface area contributed by atoms with Crippen molar-refractivity contribution in [3.05, 3.63) is 0 Å². The molecular weight excluding hydrogens is 134 g/mol. The van der Waals surface area contributed by atoms with E-state index in [2.05, 4.69) is 10.1 Å². The predicted molar refractivity (Wildman–Crippen MR) is 36.5 cm³/mol. The first-order chi connectivity index (χ1) is 4.81. The molecule has 4 nitrogen and oxygen atoms in total. The van der Waals surface area contributed by atoms with Gasteiger partial charge in [0.05, 0.1) is 6.61 Å². The van der Waals surface area contributed by atoms with Crippen LogP contribution < -0.4 is 5.32 Å². The maximum Gasteiger partial charge on any atom is 0.408 e. The molecule has 0 heterocycles. The molecule has 0 bridgehead atoms. The van der Waals surface area contributed by atoms with Crippen molar-refractivity contribution >= 4 is 6.09 Å². The van der Waals surface area contributed by atoms with E-state index in [4.69, 9.17) is 5.11 Å². The highest BCUT2D eigenvalue weighted by atomic mass is 16.5. The Morgan fingerprint density at radius 3 is 2.90 bits per heavy atom. The standard InChI is InChI=1S/C6H13NO3/c1-2-3-4-10-6(9)7-5-8/h8H,2-5H2,1H3,(H,7,9). The van der Waals surface area contributed by atoms with Gasteiger partial charge in [0.1, 0.15) is 6.73 Å². The van der Waals surface area contributed by atoms with Gasteiger partial charge in [0.25, 0.3) is 0 Å². The number of alkyl carbamates (subject to hydrolysis) is 1. The second-order valence-corrected chi connectivity index (χ2v) is 1.82. The Balaban J connectivity index is 3.05. The summed E-state index contributed by atoms with van der Waals surface area (Å²) >= 11 is 0. The summed E-state index contributed by atoms with van der Waals surface area (Å²) in [5.74, 6) is 0. The van der Waals surface area contributed by atoms with Gasteiger partial charge in [-0.3, -0.25) is 5.32 Å². The average molecular weight is 147 g/mol. The van der Waals surface area contributed by atoms with Gasteiger partial charge >= 0.3 is 6.09 Å². The summed E-state index contributed by atoms with van der Waals surface area (Å²) in [5, 5.41) is 10.3. The molecule has 2 N–H and O–H groups in total. The lowest BCUT2D eigenvalue weighted by Gasteiger charge is -2.02. The molecule has 0 aliphatic heterocycles. The zero-order chi connectivity index (χ0) is 7.82. The molecule has 0 spiro atoms. The number of amides is 1. The molecule has 0 aromatic carbocycles. The van der Waals surface area contributed by atoms with Gasteiger partial charge in [-0.15, -0.1) is 0 Å². The number of carbonyl (C=O) groups excluding carboxylic acids is 1. The summed E-state index contributed by atoms with van der Waals surface area (Å²) in [6.07, 6.45) is 1.29. The van der Waals surface area contributed by atoms with E-state index in [1.807, 2.05) is 6.92 Å². The van der Waals surface area contributed by atoms with Crippen LogP contribution in [-0.2, 0) is 4.74 Å². The molecule has 0 rings (SSSR count). The summed E-state index contributed by atoms with van der Waals surface area (Å²) in [5.41, 5.74) is 0. The van der Waals surface area contributed by atoms with Crippen LogP contribution in [0.1, 0.15) is 19.8 Å². The molecule has 0 aliphatic rings. The lowest BCUT2D eigenvalue weighted by atomic mass is 10.4. The van der Waals surface area contributed by atoms with Crippen molar-refractivity contribution in [1.82, 2.24) is 5.32 Å².